The Morgan fingerprint density at radius 3 is 1.62 bits per heavy atom. The summed E-state index contributed by atoms with van der Waals surface area (Å²) in [6.45, 7) is 1.86. The van der Waals surface area contributed by atoms with Gasteiger partial charge >= 0.3 is 19.2 Å². The summed E-state index contributed by atoms with van der Waals surface area (Å²) < 4.78 is 35.5. The van der Waals surface area contributed by atoms with E-state index in [0.29, 0.717) is 0 Å². The van der Waals surface area contributed by atoms with Gasteiger partial charge in [0.15, 0.2) is 0 Å². The third-order valence-electron chi connectivity index (χ3n) is 6.12. The second-order valence-corrected chi connectivity index (χ2v) is 10.3. The van der Waals surface area contributed by atoms with Crippen molar-refractivity contribution in [3.05, 3.63) is 65.2 Å². The second-order valence-electron chi connectivity index (χ2n) is 8.88. The van der Waals surface area contributed by atoms with Crippen LogP contribution < -0.4 is 22.5 Å². The van der Waals surface area contributed by atoms with Crippen molar-refractivity contribution < 1.29 is 38.2 Å². The summed E-state index contributed by atoms with van der Waals surface area (Å²) in [4.78, 5) is 61.5. The average Bonchev–Trinajstić information content (AvgIpc) is 3.38. The fourth-order valence-corrected chi connectivity index (χ4v) is 4.79. The molecule has 4 rings (SSSR count). The van der Waals surface area contributed by atoms with Crippen molar-refractivity contribution in [3.8, 4) is 0 Å². The molecule has 0 bridgehead atoms. The first-order chi connectivity index (χ1) is 17.3. The molecule has 17 heteroatoms. The SMILES string of the molecule is Cc1cn([C@H]2C[C@H](O)[C@@H](COP(=O)(O)OC[C@H]3O[C@@H](n4cc(C)c(=O)[nH]c4=O)C[C@@H]3O)O2)c(=O)[nH]c1=O. The van der Waals surface area contributed by atoms with Crippen LogP contribution in [-0.2, 0) is 23.1 Å². The molecule has 0 amide bonds. The molecule has 0 spiro atoms. The molecule has 0 saturated carbocycles. The van der Waals surface area contributed by atoms with Crippen LogP contribution >= 0.6 is 7.82 Å². The summed E-state index contributed by atoms with van der Waals surface area (Å²) in [5.74, 6) is 0. The number of ether oxygens (including phenoxy) is 2. The molecule has 2 aliphatic heterocycles. The monoisotopic (exact) mass is 546 g/mol. The van der Waals surface area contributed by atoms with E-state index in [9.17, 15) is 38.8 Å². The number of phosphoric ester groups is 1. The van der Waals surface area contributed by atoms with Crippen molar-refractivity contribution in [1.29, 1.82) is 0 Å². The molecule has 2 aromatic rings. The van der Waals surface area contributed by atoms with Crippen molar-refractivity contribution in [1.82, 2.24) is 19.1 Å². The van der Waals surface area contributed by atoms with Gasteiger partial charge in [0, 0.05) is 36.4 Å². The number of nitrogens with one attached hydrogen (secondary N) is 2. The van der Waals surface area contributed by atoms with E-state index in [1.807, 2.05) is 0 Å². The van der Waals surface area contributed by atoms with Crippen LogP contribution in [0.1, 0.15) is 36.4 Å². The predicted molar refractivity (Wildman–Crippen MR) is 123 cm³/mol. The molecule has 2 fully saturated rings. The lowest BCUT2D eigenvalue weighted by Crippen LogP contribution is -2.33. The Bertz CT molecular complexity index is 1330. The van der Waals surface area contributed by atoms with E-state index in [1.165, 1.54) is 26.2 Å². The molecule has 0 unspecified atom stereocenters. The first-order valence-corrected chi connectivity index (χ1v) is 12.8. The van der Waals surface area contributed by atoms with Crippen molar-refractivity contribution in [3.63, 3.8) is 0 Å². The van der Waals surface area contributed by atoms with Gasteiger partial charge in [-0.1, -0.05) is 0 Å². The quantitative estimate of drug-likeness (QED) is 0.230. The third-order valence-corrected chi connectivity index (χ3v) is 7.08. The molecule has 4 heterocycles. The van der Waals surface area contributed by atoms with Crippen LogP contribution in [0, 0.1) is 13.8 Å². The third kappa shape index (κ3) is 6.08. The van der Waals surface area contributed by atoms with E-state index < -0.39 is 80.4 Å². The van der Waals surface area contributed by atoms with Gasteiger partial charge in [-0.3, -0.25) is 37.7 Å². The van der Waals surface area contributed by atoms with E-state index >= 15 is 0 Å². The lowest BCUT2D eigenvalue weighted by atomic mass is 10.2. The van der Waals surface area contributed by atoms with Gasteiger partial charge in [0.05, 0.1) is 25.4 Å². The summed E-state index contributed by atoms with van der Waals surface area (Å²) in [5.41, 5.74) is -2.07. The Kier molecular flexibility index (Phi) is 7.83. The predicted octanol–water partition coefficient (Wildman–Crippen LogP) is -1.87. The first kappa shape index (κ1) is 27.3. The average molecular weight is 546 g/mol. The molecule has 204 valence electrons. The number of aliphatic hydroxyl groups is 2. The van der Waals surface area contributed by atoms with Gasteiger partial charge < -0.3 is 24.6 Å². The standard InChI is InChI=1S/C20H27N4O12P/c1-9-5-23(19(29)21-17(9)27)15-3-11(25)13(35-15)7-33-37(31,32)34-8-14-12(26)4-16(36-14)24-6-10(2)18(28)22-20(24)30/h5-6,11-16,25-26H,3-4,7-8H2,1-2H3,(H,31,32)(H,21,27,29)(H,22,28,30)/t11-,12-,13+,14+,15+,16+/m0/s1. The highest BCUT2D eigenvalue weighted by Gasteiger charge is 2.40. The largest absolute Gasteiger partial charge is 0.472 e. The molecule has 0 aliphatic carbocycles. The number of H-pyrrole nitrogens is 2. The molecule has 0 radical (unpaired) electrons. The van der Waals surface area contributed by atoms with Crippen LogP contribution in [0.3, 0.4) is 0 Å². The maximum atomic E-state index is 12.4. The van der Waals surface area contributed by atoms with Crippen molar-refractivity contribution in [2.75, 3.05) is 13.2 Å². The number of aryl methyl sites for hydroxylation is 2. The fraction of sp³-hybridized carbons (Fsp3) is 0.600. The second kappa shape index (κ2) is 10.6. The Hall–Kier alpha value is -2.69. The van der Waals surface area contributed by atoms with Crippen LogP contribution in [0.4, 0.5) is 0 Å². The minimum absolute atomic E-state index is 0.0386. The highest BCUT2D eigenvalue weighted by Crippen LogP contribution is 2.45. The Balaban J connectivity index is 1.31. The first-order valence-electron chi connectivity index (χ1n) is 11.3. The van der Waals surface area contributed by atoms with E-state index in [-0.39, 0.29) is 24.0 Å². The van der Waals surface area contributed by atoms with E-state index in [0.717, 1.165) is 9.13 Å². The lowest BCUT2D eigenvalue weighted by Gasteiger charge is -2.20. The lowest BCUT2D eigenvalue weighted by molar-refractivity contribution is -0.0582. The van der Waals surface area contributed by atoms with Crippen molar-refractivity contribution in [2.24, 2.45) is 0 Å². The fourth-order valence-electron chi connectivity index (χ4n) is 4.04. The van der Waals surface area contributed by atoms with Gasteiger partial charge in [-0.2, -0.15) is 0 Å². The van der Waals surface area contributed by atoms with Crippen molar-refractivity contribution >= 4 is 7.82 Å². The van der Waals surface area contributed by atoms with Crippen LogP contribution in [0.15, 0.2) is 31.6 Å². The number of rotatable bonds is 8. The molecule has 2 aliphatic rings. The zero-order valence-electron chi connectivity index (χ0n) is 19.8. The number of hydrogen-bond acceptors (Lipinski definition) is 11. The highest BCUT2D eigenvalue weighted by atomic mass is 31.2. The van der Waals surface area contributed by atoms with Crippen LogP contribution in [-0.4, -0.2) is 71.8 Å². The van der Waals surface area contributed by atoms with Crippen LogP contribution in [0.25, 0.3) is 0 Å². The van der Waals surface area contributed by atoms with E-state index in [2.05, 4.69) is 9.97 Å². The maximum Gasteiger partial charge on any atom is 0.472 e. The van der Waals surface area contributed by atoms with Gasteiger partial charge in [0.2, 0.25) is 0 Å². The molecule has 16 nitrogen and oxygen atoms in total. The van der Waals surface area contributed by atoms with E-state index in [1.54, 1.807) is 0 Å². The number of aromatic nitrogens is 4. The molecule has 2 saturated heterocycles. The number of phosphoric acid groups is 1. The Labute approximate surface area is 207 Å². The number of nitrogens with zero attached hydrogens (tertiary/aromatic N) is 2. The molecule has 37 heavy (non-hydrogen) atoms. The summed E-state index contributed by atoms with van der Waals surface area (Å²) in [5, 5.41) is 20.5. The van der Waals surface area contributed by atoms with Gasteiger partial charge in [0.1, 0.15) is 24.7 Å². The van der Waals surface area contributed by atoms with Crippen LogP contribution in [0.5, 0.6) is 0 Å². The number of aromatic amines is 2. The zero-order valence-corrected chi connectivity index (χ0v) is 20.7. The summed E-state index contributed by atoms with van der Waals surface area (Å²) in [6.07, 6.45) is -3.86. The van der Waals surface area contributed by atoms with Gasteiger partial charge in [-0.15, -0.1) is 0 Å². The molecule has 0 aromatic carbocycles. The molecular weight excluding hydrogens is 519 g/mol. The smallest absolute Gasteiger partial charge is 0.390 e. The highest BCUT2D eigenvalue weighted by molar-refractivity contribution is 7.47. The summed E-state index contributed by atoms with van der Waals surface area (Å²) in [6, 6.07) is 0. The van der Waals surface area contributed by atoms with Crippen LogP contribution in [0.2, 0.25) is 0 Å². The normalized spacial score (nSPS) is 28.1. The van der Waals surface area contributed by atoms with Gasteiger partial charge in [-0.05, 0) is 13.8 Å². The minimum atomic E-state index is -4.70. The maximum absolute atomic E-state index is 12.4. The molecule has 6 atom stereocenters. The van der Waals surface area contributed by atoms with Gasteiger partial charge in [-0.25, -0.2) is 14.2 Å². The summed E-state index contributed by atoms with van der Waals surface area (Å²) in [7, 11) is -4.70. The molecule has 2 aromatic heterocycles. The topological polar surface area (TPSA) is 224 Å². The van der Waals surface area contributed by atoms with Gasteiger partial charge in [0.25, 0.3) is 11.1 Å². The van der Waals surface area contributed by atoms with E-state index in [4.69, 9.17) is 18.5 Å². The number of aliphatic hydroxyl groups excluding tert-OH is 2. The number of hydrogen-bond donors (Lipinski definition) is 5. The zero-order chi connectivity index (χ0) is 27.1. The Morgan fingerprint density at radius 2 is 1.24 bits per heavy atom. The Morgan fingerprint density at radius 1 is 0.865 bits per heavy atom. The molecule has 5 N–H and O–H groups in total. The molecular formula is C20H27N4O12P. The summed E-state index contributed by atoms with van der Waals surface area (Å²) >= 11 is 0. The minimum Gasteiger partial charge on any atom is -0.390 e. The van der Waals surface area contributed by atoms with Crippen molar-refractivity contribution in [2.45, 2.75) is 63.6 Å².